The number of anilines is 1. The first-order chi connectivity index (χ1) is 21.2. The van der Waals surface area contributed by atoms with Crippen molar-refractivity contribution in [3.8, 4) is 23.3 Å². The van der Waals surface area contributed by atoms with Crippen molar-refractivity contribution in [1.82, 2.24) is 24.8 Å². The van der Waals surface area contributed by atoms with E-state index in [4.69, 9.17) is 26.3 Å². The molecule has 2 aliphatic rings. The van der Waals surface area contributed by atoms with Crippen molar-refractivity contribution >= 4 is 45.1 Å². The highest BCUT2D eigenvalue weighted by Crippen LogP contribution is 2.36. The highest BCUT2D eigenvalue weighted by Gasteiger charge is 2.33. The molecule has 2 fully saturated rings. The van der Waals surface area contributed by atoms with Gasteiger partial charge in [0, 0.05) is 36.6 Å². The van der Waals surface area contributed by atoms with Crippen LogP contribution >= 0.6 is 11.6 Å². The van der Waals surface area contributed by atoms with Gasteiger partial charge in [0.15, 0.2) is 11.5 Å². The van der Waals surface area contributed by atoms with E-state index in [1.807, 2.05) is 29.2 Å². The van der Waals surface area contributed by atoms with Gasteiger partial charge in [0.05, 0.1) is 34.6 Å². The summed E-state index contributed by atoms with van der Waals surface area (Å²) in [4.78, 5) is 32.3. The summed E-state index contributed by atoms with van der Waals surface area (Å²) in [6.07, 6.45) is 2.10. The van der Waals surface area contributed by atoms with E-state index in [0.29, 0.717) is 46.6 Å². The highest BCUT2D eigenvalue weighted by atomic mass is 35.5. The van der Waals surface area contributed by atoms with Crippen LogP contribution in [0.1, 0.15) is 19.3 Å². The van der Waals surface area contributed by atoms with Gasteiger partial charge >= 0.3 is 6.01 Å². The first kappa shape index (κ1) is 29.7. The minimum atomic E-state index is -1.06. The van der Waals surface area contributed by atoms with Crippen LogP contribution in [0.5, 0.6) is 6.01 Å². The summed E-state index contributed by atoms with van der Waals surface area (Å²) in [5, 5.41) is 11.4. The van der Waals surface area contributed by atoms with Gasteiger partial charge in [-0.25, -0.2) is 13.8 Å². The lowest BCUT2D eigenvalue weighted by Crippen LogP contribution is -2.55. The van der Waals surface area contributed by atoms with Crippen molar-refractivity contribution < 1.29 is 18.3 Å². The predicted octanol–water partition coefficient (Wildman–Crippen LogP) is 5.52. The van der Waals surface area contributed by atoms with Gasteiger partial charge < -0.3 is 19.4 Å². The van der Waals surface area contributed by atoms with Crippen LogP contribution in [0.3, 0.4) is 0 Å². The molecule has 2 aromatic carbocycles. The Labute approximate surface area is 258 Å². The Hall–Kier alpha value is -4.40. The molecule has 2 unspecified atom stereocenters. The first-order valence-electron chi connectivity index (χ1n) is 14.4. The molecular formula is C32H30ClF2N7O2. The van der Waals surface area contributed by atoms with Crippen molar-refractivity contribution in [2.75, 3.05) is 44.7 Å². The van der Waals surface area contributed by atoms with Crippen LogP contribution < -0.4 is 9.64 Å². The van der Waals surface area contributed by atoms with E-state index < -0.39 is 23.6 Å². The van der Waals surface area contributed by atoms with Crippen molar-refractivity contribution in [3.63, 3.8) is 0 Å². The molecule has 2 saturated heterocycles. The number of halogens is 3. The molecule has 0 spiro atoms. The fraction of sp³-hybridized carbons (Fsp3) is 0.344. The second-order valence-corrected chi connectivity index (χ2v) is 11.5. The maximum atomic E-state index is 14.5. The maximum absolute atomic E-state index is 14.5. The Bertz CT molecular complexity index is 1810. The molecular weight excluding hydrogens is 588 g/mol. The number of carbonyl (C=O) groups excluding carboxylic acids is 1. The van der Waals surface area contributed by atoms with Crippen molar-refractivity contribution in [2.45, 2.75) is 31.3 Å². The van der Waals surface area contributed by atoms with Crippen LogP contribution in [0.25, 0.3) is 33.1 Å². The zero-order chi connectivity index (χ0) is 31.0. The number of carbonyl (C=O) groups is 1. The number of fused-ring (bicyclic) bond motifs is 2. The van der Waals surface area contributed by atoms with Gasteiger partial charge in [-0.3, -0.25) is 4.79 Å². The van der Waals surface area contributed by atoms with Gasteiger partial charge in [0.2, 0.25) is 0 Å². The number of benzene rings is 2. The standard InChI is InChI=1S/C32H30ClF2N7O2/c1-19(34)31(43)42-16-15-41(17-21(42)12-13-36)30-24-9-11-26(23-7-3-5-20-8-10-25(35)28(33)27(20)23)37-29(24)38-32(39-30)44-18-22-6-4-14-40(22)2/h3,5,7-11,21-22H,1,4,6,12,14-18H2,2H3. The van der Waals surface area contributed by atoms with Crippen LogP contribution in [0.15, 0.2) is 54.9 Å². The number of likely N-dealkylation sites (N-methyl/N-ethyl adjacent to an activating group) is 1. The molecule has 0 aliphatic carbocycles. The summed E-state index contributed by atoms with van der Waals surface area (Å²) in [6.45, 7) is 5.28. The van der Waals surface area contributed by atoms with Gasteiger partial charge in [-0.2, -0.15) is 15.2 Å². The summed E-state index contributed by atoms with van der Waals surface area (Å²) < 4.78 is 34.4. The Kier molecular flexibility index (Phi) is 8.29. The molecule has 2 aromatic heterocycles. The number of amides is 1. The molecule has 1 amide bonds. The van der Waals surface area contributed by atoms with E-state index in [1.165, 1.54) is 11.0 Å². The van der Waals surface area contributed by atoms with Crippen LogP contribution in [0, 0.1) is 17.1 Å². The van der Waals surface area contributed by atoms with E-state index in [1.54, 1.807) is 12.1 Å². The minimum Gasteiger partial charge on any atom is -0.462 e. The second-order valence-electron chi connectivity index (χ2n) is 11.1. The quantitative estimate of drug-likeness (QED) is 0.250. The number of hydrogen-bond acceptors (Lipinski definition) is 8. The largest absolute Gasteiger partial charge is 0.462 e. The van der Waals surface area contributed by atoms with E-state index >= 15 is 0 Å². The smallest absolute Gasteiger partial charge is 0.320 e. The number of ether oxygens (including phenoxy) is 1. The molecule has 0 radical (unpaired) electrons. The monoisotopic (exact) mass is 617 g/mol. The lowest BCUT2D eigenvalue weighted by Gasteiger charge is -2.41. The number of aromatic nitrogens is 3. The maximum Gasteiger partial charge on any atom is 0.320 e. The second kappa shape index (κ2) is 12.3. The molecule has 2 aliphatic heterocycles. The topological polar surface area (TPSA) is 98.5 Å². The number of likely N-dealkylation sites (tertiary alicyclic amines) is 1. The Balaban J connectivity index is 1.43. The van der Waals surface area contributed by atoms with E-state index in [-0.39, 0.29) is 36.6 Å². The fourth-order valence-electron chi connectivity index (χ4n) is 6.06. The number of piperazine rings is 1. The Morgan fingerprint density at radius 1 is 1.14 bits per heavy atom. The normalized spacial score (nSPS) is 19.0. The van der Waals surface area contributed by atoms with Crippen LogP contribution in [-0.2, 0) is 4.79 Å². The molecule has 0 saturated carbocycles. The van der Waals surface area contributed by atoms with Crippen molar-refractivity contribution in [2.24, 2.45) is 0 Å². The lowest BCUT2D eigenvalue weighted by atomic mass is 10.0. The first-order valence-corrected chi connectivity index (χ1v) is 14.8. The molecule has 2 atom stereocenters. The minimum absolute atomic E-state index is 0.0106. The third kappa shape index (κ3) is 5.63. The van der Waals surface area contributed by atoms with Crippen molar-refractivity contribution in [3.05, 3.63) is 65.7 Å². The molecule has 6 rings (SSSR count). The number of pyridine rings is 1. The van der Waals surface area contributed by atoms with Gasteiger partial charge in [0.25, 0.3) is 5.91 Å². The average molecular weight is 618 g/mol. The molecule has 12 heteroatoms. The molecule has 4 aromatic rings. The summed E-state index contributed by atoms with van der Waals surface area (Å²) in [6, 6.07) is 14.1. The summed E-state index contributed by atoms with van der Waals surface area (Å²) >= 11 is 6.42. The molecule has 0 N–H and O–H groups in total. The number of rotatable bonds is 7. The average Bonchev–Trinajstić information content (AvgIpc) is 3.44. The van der Waals surface area contributed by atoms with Crippen LogP contribution in [0.4, 0.5) is 14.6 Å². The zero-order valence-electron chi connectivity index (χ0n) is 24.1. The Morgan fingerprint density at radius 3 is 2.73 bits per heavy atom. The van der Waals surface area contributed by atoms with Crippen LogP contribution in [-0.4, -0.2) is 82.6 Å². The number of hydrogen-bond donors (Lipinski definition) is 0. The zero-order valence-corrected chi connectivity index (χ0v) is 24.9. The molecule has 226 valence electrons. The molecule has 44 heavy (non-hydrogen) atoms. The summed E-state index contributed by atoms with van der Waals surface area (Å²) in [5.41, 5.74) is 1.55. The molecule has 9 nitrogen and oxygen atoms in total. The third-order valence-corrected chi connectivity index (χ3v) is 8.78. The molecule has 0 bridgehead atoms. The molecule has 4 heterocycles. The SMILES string of the molecule is C=C(F)C(=O)N1CCN(c2nc(OCC3CCCN3C)nc3nc(-c4cccc5ccc(F)c(Cl)c45)ccc23)CC1CC#N. The Morgan fingerprint density at radius 2 is 1.98 bits per heavy atom. The van der Waals surface area contributed by atoms with Crippen LogP contribution in [0.2, 0.25) is 5.02 Å². The number of nitriles is 1. The van der Waals surface area contributed by atoms with E-state index in [9.17, 15) is 18.8 Å². The summed E-state index contributed by atoms with van der Waals surface area (Å²) in [5.74, 6) is -1.88. The fourth-order valence-corrected chi connectivity index (χ4v) is 6.34. The van der Waals surface area contributed by atoms with Gasteiger partial charge in [0.1, 0.15) is 18.2 Å². The van der Waals surface area contributed by atoms with E-state index in [2.05, 4.69) is 29.6 Å². The third-order valence-electron chi connectivity index (χ3n) is 8.41. The van der Waals surface area contributed by atoms with Crippen molar-refractivity contribution in [1.29, 1.82) is 5.26 Å². The van der Waals surface area contributed by atoms with Gasteiger partial charge in [-0.05, 0) is 50.0 Å². The lowest BCUT2D eigenvalue weighted by molar-refractivity contribution is -0.131. The highest BCUT2D eigenvalue weighted by molar-refractivity contribution is 6.36. The van der Waals surface area contributed by atoms with E-state index in [0.717, 1.165) is 24.8 Å². The number of nitrogens with zero attached hydrogens (tertiary/aromatic N) is 7. The predicted molar refractivity (Wildman–Crippen MR) is 165 cm³/mol. The van der Waals surface area contributed by atoms with Gasteiger partial charge in [-0.1, -0.05) is 42.4 Å². The summed E-state index contributed by atoms with van der Waals surface area (Å²) in [7, 11) is 2.06. The van der Waals surface area contributed by atoms with Gasteiger partial charge in [-0.15, -0.1) is 0 Å².